The van der Waals surface area contributed by atoms with Gasteiger partial charge in [-0.05, 0) is 67.4 Å². The van der Waals surface area contributed by atoms with E-state index in [0.717, 1.165) is 4.90 Å². The van der Waals surface area contributed by atoms with Gasteiger partial charge in [-0.1, -0.05) is 6.58 Å². The zero-order valence-electron chi connectivity index (χ0n) is 19.2. The summed E-state index contributed by atoms with van der Waals surface area (Å²) < 4.78 is 10.5. The fourth-order valence-electron chi connectivity index (χ4n) is 3.60. The minimum Gasteiger partial charge on any atom is -0.462 e. The minimum absolute atomic E-state index is 0.141. The topological polar surface area (TPSA) is 110 Å². The van der Waals surface area contributed by atoms with E-state index >= 15 is 0 Å². The highest BCUT2D eigenvalue weighted by atomic mass is 16.5. The zero-order valence-corrected chi connectivity index (χ0v) is 19.2. The van der Waals surface area contributed by atoms with Crippen molar-refractivity contribution >= 4 is 41.0 Å². The molecule has 0 fully saturated rings. The molecule has 0 aromatic heterocycles. The monoisotopic (exact) mass is 486 g/mol. The molecule has 2 aliphatic heterocycles. The van der Waals surface area contributed by atoms with Gasteiger partial charge in [0.15, 0.2) is 0 Å². The van der Waals surface area contributed by atoms with Gasteiger partial charge in [0, 0.05) is 29.6 Å². The molecule has 0 saturated carbocycles. The third-order valence-corrected chi connectivity index (χ3v) is 5.46. The number of esters is 2. The van der Waals surface area contributed by atoms with Gasteiger partial charge >= 0.3 is 11.9 Å². The minimum atomic E-state index is -0.537. The van der Waals surface area contributed by atoms with E-state index in [1.165, 1.54) is 47.4 Å². The molecule has 9 nitrogen and oxygen atoms in total. The Hall–Kier alpha value is -4.79. The predicted octanol–water partition coefficient (Wildman–Crippen LogP) is 3.33. The molecule has 0 spiro atoms. The van der Waals surface area contributed by atoms with E-state index in [9.17, 15) is 24.0 Å². The summed E-state index contributed by atoms with van der Waals surface area (Å²) >= 11 is 0. The molecule has 2 aromatic rings. The summed E-state index contributed by atoms with van der Waals surface area (Å²) in [7, 11) is 0. The highest BCUT2D eigenvalue weighted by Gasteiger charge is 2.25. The van der Waals surface area contributed by atoms with Crippen molar-refractivity contribution in [3.05, 3.63) is 96.2 Å². The average Bonchev–Trinajstić information content (AvgIpc) is 3.40. The summed E-state index contributed by atoms with van der Waals surface area (Å²) in [6.07, 6.45) is 6.41. The molecule has 0 unspecified atom stereocenters. The Morgan fingerprint density at radius 2 is 1.00 bits per heavy atom. The van der Waals surface area contributed by atoms with Crippen molar-refractivity contribution < 1.29 is 33.4 Å². The van der Waals surface area contributed by atoms with Gasteiger partial charge in [0.2, 0.25) is 0 Å². The molecule has 0 saturated heterocycles. The van der Waals surface area contributed by atoms with Gasteiger partial charge in [0.1, 0.15) is 0 Å². The smallest absolute Gasteiger partial charge is 0.338 e. The van der Waals surface area contributed by atoms with Gasteiger partial charge in [-0.2, -0.15) is 0 Å². The van der Waals surface area contributed by atoms with Crippen molar-refractivity contribution in [2.24, 2.45) is 0 Å². The molecule has 182 valence electrons. The number of nitrogens with zero attached hydrogens (tertiary/aromatic N) is 2. The van der Waals surface area contributed by atoms with Crippen molar-refractivity contribution in [1.29, 1.82) is 0 Å². The van der Waals surface area contributed by atoms with Gasteiger partial charge in [-0.3, -0.25) is 19.3 Å². The molecular weight excluding hydrogens is 464 g/mol. The number of ether oxygens (including phenoxy) is 2. The Balaban J connectivity index is 1.15. The second-order valence-electron chi connectivity index (χ2n) is 7.92. The summed E-state index contributed by atoms with van der Waals surface area (Å²) in [6.45, 7) is 4.10. The van der Waals surface area contributed by atoms with Gasteiger partial charge < -0.3 is 9.47 Å². The SMILES string of the molecule is C=C1C=CC(=O)N1c1ccc(C(=O)OCCCCOC(=O)c2ccc(N3C(=O)C=CC3=O)cc2)cc1. The molecule has 0 N–H and O–H groups in total. The van der Waals surface area contributed by atoms with E-state index in [2.05, 4.69) is 6.58 Å². The van der Waals surface area contributed by atoms with E-state index in [0.29, 0.717) is 35.5 Å². The van der Waals surface area contributed by atoms with Crippen LogP contribution in [-0.4, -0.2) is 42.9 Å². The number of amides is 3. The van der Waals surface area contributed by atoms with Crippen molar-refractivity contribution in [3.8, 4) is 0 Å². The van der Waals surface area contributed by atoms with Crippen molar-refractivity contribution in [2.75, 3.05) is 23.0 Å². The van der Waals surface area contributed by atoms with E-state index in [1.54, 1.807) is 30.3 Å². The number of allylic oxidation sites excluding steroid dienone is 1. The number of hydrogen-bond donors (Lipinski definition) is 0. The van der Waals surface area contributed by atoms with Crippen molar-refractivity contribution in [2.45, 2.75) is 12.8 Å². The van der Waals surface area contributed by atoms with Crippen LogP contribution in [0, 0.1) is 0 Å². The maximum atomic E-state index is 12.2. The summed E-state index contributed by atoms with van der Waals surface area (Å²) in [4.78, 5) is 62.2. The van der Waals surface area contributed by atoms with Crippen molar-refractivity contribution in [3.63, 3.8) is 0 Å². The standard InChI is InChI=1S/C27H22N2O7/c1-18-4-13-23(30)28(18)21-9-5-19(6-10-21)26(33)35-16-2-3-17-36-27(34)20-7-11-22(12-8-20)29-24(31)14-15-25(29)32/h4-15H,1-3,16-17H2. The van der Waals surface area contributed by atoms with E-state index in [-0.39, 0.29) is 24.7 Å². The van der Waals surface area contributed by atoms with Gasteiger partial charge in [-0.15, -0.1) is 0 Å². The summed E-state index contributed by atoms with van der Waals surface area (Å²) in [5.74, 6) is -2.09. The zero-order chi connectivity index (χ0) is 25.7. The van der Waals surface area contributed by atoms with Crippen LogP contribution in [0.25, 0.3) is 0 Å². The molecule has 4 rings (SSSR count). The normalized spacial score (nSPS) is 14.7. The molecule has 9 heteroatoms. The maximum Gasteiger partial charge on any atom is 0.338 e. The van der Waals surface area contributed by atoms with Crippen LogP contribution in [0.3, 0.4) is 0 Å². The molecular formula is C27H22N2O7. The summed E-state index contributed by atoms with van der Waals surface area (Å²) in [6, 6.07) is 12.4. The van der Waals surface area contributed by atoms with Crippen LogP contribution >= 0.6 is 0 Å². The lowest BCUT2D eigenvalue weighted by atomic mass is 10.2. The Labute approximate surface area is 206 Å². The van der Waals surface area contributed by atoms with Crippen LogP contribution in [-0.2, 0) is 23.9 Å². The number of rotatable bonds is 9. The first-order chi connectivity index (χ1) is 17.3. The number of imide groups is 1. The van der Waals surface area contributed by atoms with Gasteiger partial charge in [0.25, 0.3) is 17.7 Å². The Morgan fingerprint density at radius 1 is 0.611 bits per heavy atom. The largest absolute Gasteiger partial charge is 0.462 e. The first-order valence-corrected chi connectivity index (χ1v) is 11.2. The number of anilines is 2. The Kier molecular flexibility index (Phi) is 7.20. The van der Waals surface area contributed by atoms with E-state index in [1.807, 2.05) is 0 Å². The van der Waals surface area contributed by atoms with Crippen LogP contribution in [0.4, 0.5) is 11.4 Å². The average molecular weight is 486 g/mol. The fraction of sp³-hybridized carbons (Fsp3) is 0.148. The molecule has 0 radical (unpaired) electrons. The third kappa shape index (κ3) is 5.30. The molecule has 3 amide bonds. The molecule has 0 atom stereocenters. The van der Waals surface area contributed by atoms with Crippen LogP contribution in [0.5, 0.6) is 0 Å². The molecule has 2 heterocycles. The van der Waals surface area contributed by atoms with E-state index < -0.39 is 23.8 Å². The lowest BCUT2D eigenvalue weighted by Gasteiger charge is -2.17. The number of carbonyl (C=O) groups excluding carboxylic acids is 5. The molecule has 2 aromatic carbocycles. The molecule has 2 aliphatic rings. The van der Waals surface area contributed by atoms with Crippen LogP contribution in [0.15, 0.2) is 85.1 Å². The maximum absolute atomic E-state index is 12.2. The molecule has 0 aliphatic carbocycles. The highest BCUT2D eigenvalue weighted by molar-refractivity contribution is 6.28. The van der Waals surface area contributed by atoms with Crippen LogP contribution in [0.2, 0.25) is 0 Å². The van der Waals surface area contributed by atoms with Gasteiger partial charge in [-0.25, -0.2) is 14.5 Å². The Morgan fingerprint density at radius 3 is 1.42 bits per heavy atom. The second kappa shape index (κ2) is 10.6. The lowest BCUT2D eigenvalue weighted by Crippen LogP contribution is -2.29. The Bertz CT molecular complexity index is 1150. The fourth-order valence-corrected chi connectivity index (χ4v) is 3.60. The number of hydrogen-bond acceptors (Lipinski definition) is 7. The van der Waals surface area contributed by atoms with Crippen molar-refractivity contribution in [1.82, 2.24) is 0 Å². The predicted molar refractivity (Wildman–Crippen MR) is 130 cm³/mol. The molecule has 36 heavy (non-hydrogen) atoms. The second-order valence-corrected chi connectivity index (χ2v) is 7.92. The lowest BCUT2D eigenvalue weighted by molar-refractivity contribution is -0.120. The van der Waals surface area contributed by atoms with Gasteiger partial charge in [0.05, 0.1) is 30.0 Å². The first kappa shape index (κ1) is 24.3. The highest BCUT2D eigenvalue weighted by Crippen LogP contribution is 2.24. The molecule has 0 bridgehead atoms. The first-order valence-electron chi connectivity index (χ1n) is 11.2. The number of benzene rings is 2. The van der Waals surface area contributed by atoms with E-state index in [4.69, 9.17) is 9.47 Å². The quantitative estimate of drug-likeness (QED) is 0.304. The summed E-state index contributed by atoms with van der Waals surface area (Å²) in [5, 5.41) is 0. The van der Waals surface area contributed by atoms with Crippen LogP contribution in [0.1, 0.15) is 33.6 Å². The number of carbonyl (C=O) groups is 5. The third-order valence-electron chi connectivity index (χ3n) is 5.46. The van der Waals surface area contributed by atoms with Crippen LogP contribution < -0.4 is 9.80 Å². The summed E-state index contributed by atoms with van der Waals surface area (Å²) in [5.41, 5.74) is 2.18. The number of unbranched alkanes of at least 4 members (excludes halogenated alkanes) is 1.